The van der Waals surface area contributed by atoms with Crippen molar-refractivity contribution in [1.82, 2.24) is 0 Å². The highest BCUT2D eigenvalue weighted by molar-refractivity contribution is 4.91. The Balaban J connectivity index is 5.03. The molecule has 0 aromatic heterocycles. The molecule has 0 spiro atoms. The van der Waals surface area contributed by atoms with Gasteiger partial charge in [0.1, 0.15) is 0 Å². The van der Waals surface area contributed by atoms with Crippen molar-refractivity contribution in [1.29, 1.82) is 0 Å². The molecule has 98 valence electrons. The second-order valence-electron chi connectivity index (χ2n) is 7.55. The summed E-state index contributed by atoms with van der Waals surface area (Å²) < 4.78 is 0. The standard InChI is InChI=1S/C16H34/c1-11(2)13(5)16(9,10)14(6)15(7,8)12(3)4/h11-14H,1-10H3. The predicted octanol–water partition coefficient (Wildman–Crippen LogP) is 5.62. The smallest absolute Gasteiger partial charge is 0.0295 e. The van der Waals surface area contributed by atoms with Gasteiger partial charge in [-0.15, -0.1) is 0 Å². The first-order valence-electron chi connectivity index (χ1n) is 6.95. The van der Waals surface area contributed by atoms with Gasteiger partial charge in [0.25, 0.3) is 0 Å². The van der Waals surface area contributed by atoms with Crippen LogP contribution in [0.25, 0.3) is 0 Å². The predicted molar refractivity (Wildman–Crippen MR) is 75.6 cm³/mol. The van der Waals surface area contributed by atoms with Crippen LogP contribution in [0.15, 0.2) is 0 Å². The van der Waals surface area contributed by atoms with Crippen LogP contribution in [0.1, 0.15) is 69.2 Å². The fourth-order valence-electron chi connectivity index (χ4n) is 2.71. The van der Waals surface area contributed by atoms with E-state index in [4.69, 9.17) is 0 Å². The molecule has 0 amide bonds. The molecule has 0 aliphatic rings. The van der Waals surface area contributed by atoms with E-state index in [2.05, 4.69) is 69.2 Å². The van der Waals surface area contributed by atoms with Gasteiger partial charge in [-0.3, -0.25) is 0 Å². The van der Waals surface area contributed by atoms with Crippen LogP contribution in [-0.2, 0) is 0 Å². The summed E-state index contributed by atoms with van der Waals surface area (Å²) in [6.07, 6.45) is 0. The van der Waals surface area contributed by atoms with E-state index >= 15 is 0 Å². The Labute approximate surface area is 104 Å². The average Bonchev–Trinajstić information content (AvgIpc) is 2.14. The monoisotopic (exact) mass is 226 g/mol. The van der Waals surface area contributed by atoms with E-state index in [-0.39, 0.29) is 0 Å². The van der Waals surface area contributed by atoms with Gasteiger partial charge in [0, 0.05) is 0 Å². The average molecular weight is 226 g/mol. The molecule has 0 heteroatoms. The molecular weight excluding hydrogens is 192 g/mol. The van der Waals surface area contributed by atoms with E-state index in [1.807, 2.05) is 0 Å². The highest BCUT2D eigenvalue weighted by Gasteiger charge is 2.42. The van der Waals surface area contributed by atoms with Gasteiger partial charge in [0.05, 0.1) is 0 Å². The normalized spacial score (nSPS) is 18.0. The lowest BCUT2D eigenvalue weighted by Crippen LogP contribution is -2.42. The third-order valence-electron chi connectivity index (χ3n) is 5.89. The molecule has 0 aromatic rings. The van der Waals surface area contributed by atoms with Crippen LogP contribution >= 0.6 is 0 Å². The fraction of sp³-hybridized carbons (Fsp3) is 1.00. The lowest BCUT2D eigenvalue weighted by Gasteiger charge is -2.49. The molecule has 0 bridgehead atoms. The molecule has 0 rings (SSSR count). The SMILES string of the molecule is CC(C)C(C)C(C)(C)C(C)C(C)(C)C(C)C. The topological polar surface area (TPSA) is 0 Å². The van der Waals surface area contributed by atoms with E-state index in [1.54, 1.807) is 0 Å². The molecule has 0 nitrogen and oxygen atoms in total. The lowest BCUT2D eigenvalue weighted by molar-refractivity contribution is -0.00218. The first kappa shape index (κ1) is 16.0. The number of hydrogen-bond donors (Lipinski definition) is 0. The van der Waals surface area contributed by atoms with E-state index < -0.39 is 0 Å². The summed E-state index contributed by atoms with van der Waals surface area (Å²) in [6.45, 7) is 24.0. The highest BCUT2D eigenvalue weighted by atomic mass is 14.5. The van der Waals surface area contributed by atoms with E-state index in [9.17, 15) is 0 Å². The van der Waals surface area contributed by atoms with Gasteiger partial charge in [0.2, 0.25) is 0 Å². The van der Waals surface area contributed by atoms with Crippen LogP contribution in [0.4, 0.5) is 0 Å². The first-order chi connectivity index (χ1) is 6.95. The Morgan fingerprint density at radius 3 is 1.25 bits per heavy atom. The zero-order chi connectivity index (χ0) is 13.3. The largest absolute Gasteiger partial charge is 0.0625 e. The minimum Gasteiger partial charge on any atom is -0.0625 e. The van der Waals surface area contributed by atoms with Crippen molar-refractivity contribution < 1.29 is 0 Å². The lowest BCUT2D eigenvalue weighted by atomic mass is 9.56. The van der Waals surface area contributed by atoms with E-state index in [1.165, 1.54) is 0 Å². The van der Waals surface area contributed by atoms with E-state index in [0.717, 1.165) is 23.7 Å². The molecule has 0 fully saturated rings. The molecule has 0 aliphatic carbocycles. The molecule has 0 saturated heterocycles. The van der Waals surface area contributed by atoms with Gasteiger partial charge in [-0.1, -0.05) is 69.2 Å². The molecular formula is C16H34. The van der Waals surface area contributed by atoms with Crippen LogP contribution in [0, 0.1) is 34.5 Å². The zero-order valence-electron chi connectivity index (χ0n) is 13.3. The van der Waals surface area contributed by atoms with Gasteiger partial charge < -0.3 is 0 Å². The first-order valence-corrected chi connectivity index (χ1v) is 6.95. The van der Waals surface area contributed by atoms with Gasteiger partial charge >= 0.3 is 0 Å². The molecule has 0 aliphatic heterocycles. The van der Waals surface area contributed by atoms with Crippen LogP contribution in [0.5, 0.6) is 0 Å². The van der Waals surface area contributed by atoms with Crippen molar-refractivity contribution in [2.45, 2.75) is 69.2 Å². The molecule has 0 aromatic carbocycles. The van der Waals surface area contributed by atoms with Gasteiger partial charge in [-0.05, 0) is 34.5 Å². The second kappa shape index (κ2) is 5.10. The summed E-state index contributed by atoms with van der Waals surface area (Å²) >= 11 is 0. The summed E-state index contributed by atoms with van der Waals surface area (Å²) in [6, 6.07) is 0. The molecule has 0 heterocycles. The minimum atomic E-state index is 0.405. The Morgan fingerprint density at radius 2 is 1.00 bits per heavy atom. The van der Waals surface area contributed by atoms with Crippen LogP contribution in [0.3, 0.4) is 0 Å². The quantitative estimate of drug-likeness (QED) is 0.570. The molecule has 0 radical (unpaired) electrons. The molecule has 0 saturated carbocycles. The van der Waals surface area contributed by atoms with Crippen molar-refractivity contribution in [3.8, 4) is 0 Å². The Kier molecular flexibility index (Phi) is 5.10. The van der Waals surface area contributed by atoms with Crippen LogP contribution in [0.2, 0.25) is 0 Å². The second-order valence-corrected chi connectivity index (χ2v) is 7.55. The zero-order valence-corrected chi connectivity index (χ0v) is 13.3. The van der Waals surface area contributed by atoms with Crippen molar-refractivity contribution in [2.24, 2.45) is 34.5 Å². The minimum absolute atomic E-state index is 0.405. The van der Waals surface area contributed by atoms with Crippen molar-refractivity contribution in [3.63, 3.8) is 0 Å². The molecule has 2 atom stereocenters. The Hall–Kier alpha value is 0. The molecule has 0 N–H and O–H groups in total. The highest BCUT2D eigenvalue weighted by Crippen LogP contribution is 2.49. The number of hydrogen-bond acceptors (Lipinski definition) is 0. The van der Waals surface area contributed by atoms with Crippen LogP contribution in [-0.4, -0.2) is 0 Å². The van der Waals surface area contributed by atoms with Crippen LogP contribution < -0.4 is 0 Å². The van der Waals surface area contributed by atoms with E-state index in [0.29, 0.717) is 10.8 Å². The molecule has 16 heavy (non-hydrogen) atoms. The third-order valence-corrected chi connectivity index (χ3v) is 5.89. The summed E-state index contributed by atoms with van der Waals surface area (Å²) in [5.74, 6) is 3.00. The maximum Gasteiger partial charge on any atom is -0.0295 e. The fourth-order valence-corrected chi connectivity index (χ4v) is 2.71. The summed E-state index contributed by atoms with van der Waals surface area (Å²) in [4.78, 5) is 0. The maximum atomic E-state index is 2.45. The summed E-state index contributed by atoms with van der Waals surface area (Å²) in [5, 5.41) is 0. The van der Waals surface area contributed by atoms with Gasteiger partial charge in [0.15, 0.2) is 0 Å². The summed E-state index contributed by atoms with van der Waals surface area (Å²) in [7, 11) is 0. The number of rotatable bonds is 5. The van der Waals surface area contributed by atoms with Crippen molar-refractivity contribution in [3.05, 3.63) is 0 Å². The Morgan fingerprint density at radius 1 is 0.625 bits per heavy atom. The van der Waals surface area contributed by atoms with Crippen molar-refractivity contribution >= 4 is 0 Å². The van der Waals surface area contributed by atoms with Gasteiger partial charge in [-0.25, -0.2) is 0 Å². The molecule has 2 unspecified atom stereocenters. The summed E-state index contributed by atoms with van der Waals surface area (Å²) in [5.41, 5.74) is 0.814. The van der Waals surface area contributed by atoms with Crippen molar-refractivity contribution in [2.75, 3.05) is 0 Å². The Bertz CT molecular complexity index is 208. The third kappa shape index (κ3) is 3.02. The van der Waals surface area contributed by atoms with Gasteiger partial charge in [-0.2, -0.15) is 0 Å². The maximum absolute atomic E-state index is 2.45.